The van der Waals surface area contributed by atoms with Crippen LogP contribution in [0.1, 0.15) is 33.7 Å². The number of nitrogens with one attached hydrogen (secondary N) is 2. The summed E-state index contributed by atoms with van der Waals surface area (Å²) >= 11 is 0. The number of amides is 1. The highest BCUT2D eigenvalue weighted by molar-refractivity contribution is 5.92. The van der Waals surface area contributed by atoms with Crippen LogP contribution in [0, 0.1) is 25.2 Å². The smallest absolute Gasteiger partial charge is 0.280 e. The molecule has 0 aliphatic carbocycles. The highest BCUT2D eigenvalue weighted by Gasteiger charge is 2.24. The number of furan rings is 1. The summed E-state index contributed by atoms with van der Waals surface area (Å²) in [5.74, 6) is 1.26. The molecule has 29 heavy (non-hydrogen) atoms. The molecule has 1 unspecified atom stereocenters. The largest absolute Gasteiger partial charge is 0.467 e. The van der Waals surface area contributed by atoms with Crippen molar-refractivity contribution >= 4 is 11.7 Å². The van der Waals surface area contributed by atoms with Gasteiger partial charge < -0.3 is 19.2 Å². The van der Waals surface area contributed by atoms with Gasteiger partial charge in [0.05, 0.1) is 24.9 Å². The van der Waals surface area contributed by atoms with Gasteiger partial charge in [0.2, 0.25) is 0 Å². The normalized spacial score (nSPS) is 15.6. The van der Waals surface area contributed by atoms with E-state index in [9.17, 15) is 10.1 Å². The Morgan fingerprint density at radius 3 is 2.76 bits per heavy atom. The topological polar surface area (TPSA) is 75.4 Å². The van der Waals surface area contributed by atoms with Gasteiger partial charge in [0.15, 0.2) is 6.54 Å². The highest BCUT2D eigenvalue weighted by Crippen LogP contribution is 2.27. The molecule has 3 aromatic rings. The molecule has 3 heterocycles. The zero-order chi connectivity index (χ0) is 20.4. The molecule has 0 saturated carbocycles. The fraction of sp³-hybridized carbons (Fsp3) is 0.304. The average Bonchev–Trinajstić information content (AvgIpc) is 3.31. The lowest BCUT2D eigenvalue weighted by Gasteiger charge is -2.25. The minimum atomic E-state index is -0.0749. The molecule has 1 atom stereocenters. The standard InChI is InChI=1S/C23H24N4O2/c1-16-17(2)27(14-20-8-5-11-29-20)23(21(16)12-24)25-22(28)15-26-10-9-18-6-3-4-7-19(18)13-26/h3-8,11H,9-10,13-15H2,1-2H3,(H,25,28)/p+1. The van der Waals surface area contributed by atoms with Gasteiger partial charge in [-0.3, -0.25) is 4.79 Å². The Balaban J connectivity index is 1.52. The van der Waals surface area contributed by atoms with Crippen LogP contribution in [0.2, 0.25) is 0 Å². The van der Waals surface area contributed by atoms with Gasteiger partial charge in [0, 0.05) is 17.7 Å². The molecule has 0 spiro atoms. The van der Waals surface area contributed by atoms with Gasteiger partial charge in [0.25, 0.3) is 5.91 Å². The molecule has 0 saturated heterocycles. The first-order valence-corrected chi connectivity index (χ1v) is 9.89. The molecule has 1 aromatic carbocycles. The first-order chi connectivity index (χ1) is 14.1. The van der Waals surface area contributed by atoms with E-state index in [4.69, 9.17) is 4.42 Å². The fourth-order valence-electron chi connectivity index (χ4n) is 4.08. The summed E-state index contributed by atoms with van der Waals surface area (Å²) in [5, 5.41) is 12.7. The van der Waals surface area contributed by atoms with Crippen LogP contribution in [0.4, 0.5) is 5.82 Å². The quantitative estimate of drug-likeness (QED) is 0.702. The summed E-state index contributed by atoms with van der Waals surface area (Å²) in [6.45, 7) is 6.50. The molecule has 1 amide bonds. The molecule has 2 aromatic heterocycles. The number of fused-ring (bicyclic) bond motifs is 1. The van der Waals surface area contributed by atoms with E-state index < -0.39 is 0 Å². The van der Waals surface area contributed by atoms with Crippen LogP contribution in [-0.4, -0.2) is 23.6 Å². The SMILES string of the molecule is Cc1c(C#N)c(NC(=O)C[NH+]2CCc3ccccc3C2)n(Cc2ccco2)c1C. The molecule has 2 N–H and O–H groups in total. The summed E-state index contributed by atoms with van der Waals surface area (Å²) in [4.78, 5) is 14.1. The van der Waals surface area contributed by atoms with Gasteiger partial charge in [-0.2, -0.15) is 5.26 Å². The maximum atomic E-state index is 12.9. The molecule has 0 fully saturated rings. The van der Waals surface area contributed by atoms with Crippen molar-refractivity contribution in [3.05, 3.63) is 76.4 Å². The number of hydrogen-bond donors (Lipinski definition) is 2. The first kappa shape index (κ1) is 19.0. The summed E-state index contributed by atoms with van der Waals surface area (Å²) in [5.41, 5.74) is 5.04. The molecular weight excluding hydrogens is 364 g/mol. The fourth-order valence-corrected chi connectivity index (χ4v) is 4.08. The second-order valence-electron chi connectivity index (χ2n) is 7.63. The third-order valence-electron chi connectivity index (χ3n) is 5.81. The van der Waals surface area contributed by atoms with E-state index in [1.165, 1.54) is 16.0 Å². The maximum absolute atomic E-state index is 12.9. The van der Waals surface area contributed by atoms with Gasteiger partial charge in [-0.05, 0) is 37.1 Å². The molecule has 6 nitrogen and oxygen atoms in total. The Bertz CT molecular complexity index is 1070. The monoisotopic (exact) mass is 389 g/mol. The lowest BCUT2D eigenvalue weighted by Crippen LogP contribution is -3.12. The summed E-state index contributed by atoms with van der Waals surface area (Å²) in [7, 11) is 0. The molecular formula is C23H25N4O2+. The maximum Gasteiger partial charge on any atom is 0.280 e. The van der Waals surface area contributed by atoms with Crippen LogP contribution >= 0.6 is 0 Å². The summed E-state index contributed by atoms with van der Waals surface area (Å²) in [6, 6.07) is 14.4. The Hall–Kier alpha value is -3.30. The zero-order valence-corrected chi connectivity index (χ0v) is 16.8. The van der Waals surface area contributed by atoms with Crippen molar-refractivity contribution in [3.63, 3.8) is 0 Å². The number of aromatic nitrogens is 1. The van der Waals surface area contributed by atoms with E-state index in [1.54, 1.807) is 6.26 Å². The van der Waals surface area contributed by atoms with Crippen molar-refractivity contribution in [2.75, 3.05) is 18.4 Å². The van der Waals surface area contributed by atoms with Crippen LogP contribution < -0.4 is 10.2 Å². The van der Waals surface area contributed by atoms with Crippen molar-refractivity contribution < 1.29 is 14.1 Å². The van der Waals surface area contributed by atoms with E-state index in [2.05, 4.69) is 29.6 Å². The van der Waals surface area contributed by atoms with Crippen molar-refractivity contribution in [1.29, 1.82) is 5.26 Å². The van der Waals surface area contributed by atoms with Gasteiger partial charge in [-0.1, -0.05) is 24.3 Å². The summed E-state index contributed by atoms with van der Waals surface area (Å²) in [6.07, 6.45) is 2.61. The third kappa shape index (κ3) is 3.82. The molecule has 4 rings (SSSR count). The minimum Gasteiger partial charge on any atom is -0.467 e. The second kappa shape index (κ2) is 7.98. The third-order valence-corrected chi connectivity index (χ3v) is 5.81. The van der Waals surface area contributed by atoms with Crippen molar-refractivity contribution in [2.24, 2.45) is 0 Å². The molecule has 148 valence electrons. The average molecular weight is 389 g/mol. The first-order valence-electron chi connectivity index (χ1n) is 9.89. The molecule has 1 aliphatic heterocycles. The Morgan fingerprint density at radius 2 is 2.03 bits per heavy atom. The van der Waals surface area contributed by atoms with Crippen LogP contribution in [-0.2, 0) is 24.3 Å². The number of nitriles is 1. The van der Waals surface area contributed by atoms with Crippen LogP contribution in [0.25, 0.3) is 0 Å². The Labute approximate surface area is 170 Å². The van der Waals surface area contributed by atoms with Crippen molar-refractivity contribution in [2.45, 2.75) is 33.4 Å². The number of rotatable bonds is 5. The molecule has 0 radical (unpaired) electrons. The van der Waals surface area contributed by atoms with Crippen LogP contribution in [0.5, 0.6) is 0 Å². The molecule has 1 aliphatic rings. The van der Waals surface area contributed by atoms with Gasteiger partial charge in [-0.25, -0.2) is 0 Å². The predicted octanol–water partition coefficient (Wildman–Crippen LogP) is 2.20. The van der Waals surface area contributed by atoms with Crippen molar-refractivity contribution in [1.82, 2.24) is 4.57 Å². The predicted molar refractivity (Wildman–Crippen MR) is 110 cm³/mol. The minimum absolute atomic E-state index is 0.0749. The lowest BCUT2D eigenvalue weighted by molar-refractivity contribution is -0.907. The number of hydrogen-bond acceptors (Lipinski definition) is 3. The van der Waals surface area contributed by atoms with Crippen LogP contribution in [0.3, 0.4) is 0 Å². The second-order valence-corrected chi connectivity index (χ2v) is 7.63. The van der Waals surface area contributed by atoms with E-state index in [0.717, 1.165) is 36.5 Å². The molecule has 6 heteroatoms. The number of benzene rings is 1. The van der Waals surface area contributed by atoms with E-state index in [0.29, 0.717) is 24.5 Å². The number of anilines is 1. The van der Waals surface area contributed by atoms with E-state index in [-0.39, 0.29) is 5.91 Å². The number of carbonyl (C=O) groups is 1. The van der Waals surface area contributed by atoms with Gasteiger partial charge >= 0.3 is 0 Å². The zero-order valence-electron chi connectivity index (χ0n) is 16.8. The number of carbonyl (C=O) groups excluding carboxylic acids is 1. The van der Waals surface area contributed by atoms with Crippen LogP contribution in [0.15, 0.2) is 47.1 Å². The number of quaternary nitrogens is 1. The Kier molecular flexibility index (Phi) is 5.24. The lowest BCUT2D eigenvalue weighted by atomic mass is 10.00. The Morgan fingerprint density at radius 1 is 1.24 bits per heavy atom. The summed E-state index contributed by atoms with van der Waals surface area (Å²) < 4.78 is 7.42. The van der Waals surface area contributed by atoms with E-state index in [1.807, 2.05) is 36.6 Å². The highest BCUT2D eigenvalue weighted by atomic mass is 16.3. The van der Waals surface area contributed by atoms with Gasteiger partial charge in [0.1, 0.15) is 24.2 Å². The number of nitrogens with zero attached hydrogens (tertiary/aromatic N) is 2. The molecule has 0 bridgehead atoms. The van der Waals surface area contributed by atoms with Crippen molar-refractivity contribution in [3.8, 4) is 6.07 Å². The van der Waals surface area contributed by atoms with Gasteiger partial charge in [-0.15, -0.1) is 0 Å². The van der Waals surface area contributed by atoms with E-state index >= 15 is 0 Å².